The zero-order valence-corrected chi connectivity index (χ0v) is 10.3. The molecule has 2 saturated heterocycles. The van der Waals surface area contributed by atoms with E-state index in [2.05, 4.69) is 0 Å². The third-order valence-corrected chi connectivity index (χ3v) is 4.15. The molecule has 5 nitrogen and oxygen atoms in total. The van der Waals surface area contributed by atoms with Gasteiger partial charge in [0.05, 0.1) is 18.4 Å². The Balaban J connectivity index is 2.17. The van der Waals surface area contributed by atoms with Crippen LogP contribution in [-0.2, 0) is 18.6 Å². The SMILES string of the molecule is [B][C@@H]1O[C@@H]2CCP(=O)(O)O[C@H]1C2OC(C)C. The summed E-state index contributed by atoms with van der Waals surface area (Å²) in [5.74, 6) is 0. The molecular weight excluding hydrogens is 230 g/mol. The average Bonchev–Trinajstić information content (AvgIpc) is 2.34. The molecule has 2 aliphatic heterocycles. The number of hydrogen-bond acceptors (Lipinski definition) is 4. The molecule has 0 aromatic heterocycles. The minimum Gasteiger partial charge on any atom is -0.379 e. The maximum atomic E-state index is 11.6. The van der Waals surface area contributed by atoms with Gasteiger partial charge in [-0.05, 0) is 20.3 Å². The van der Waals surface area contributed by atoms with Crippen LogP contribution in [0.4, 0.5) is 0 Å². The molecule has 0 aromatic rings. The standard InChI is InChI=1S/C9H16BO5P/c1-5(2)13-7-6-3-4-16(11,12)15-8(7)9(10)14-6/h5-9H,3-4H2,1-2H3,(H,11,12)/t6-,7?,8+,9-/m1/s1. The maximum Gasteiger partial charge on any atom is 0.328 e. The van der Waals surface area contributed by atoms with Gasteiger partial charge in [-0.3, -0.25) is 4.57 Å². The molecule has 2 fully saturated rings. The normalized spacial score (nSPS) is 48.2. The van der Waals surface area contributed by atoms with Crippen LogP contribution in [0.1, 0.15) is 20.3 Å². The lowest BCUT2D eigenvalue weighted by atomic mass is 9.92. The lowest BCUT2D eigenvalue weighted by molar-refractivity contribution is -0.0578. The average molecular weight is 246 g/mol. The van der Waals surface area contributed by atoms with Crippen LogP contribution < -0.4 is 0 Å². The Bertz CT molecular complexity index is 310. The van der Waals surface area contributed by atoms with Gasteiger partial charge in [-0.2, -0.15) is 0 Å². The van der Waals surface area contributed by atoms with Crippen LogP contribution in [0.5, 0.6) is 0 Å². The van der Waals surface area contributed by atoms with Crippen molar-refractivity contribution in [1.82, 2.24) is 0 Å². The first-order chi connectivity index (χ1) is 7.39. The quantitative estimate of drug-likeness (QED) is 0.572. The highest BCUT2D eigenvalue weighted by molar-refractivity contribution is 7.52. The van der Waals surface area contributed by atoms with E-state index in [9.17, 15) is 9.46 Å². The van der Waals surface area contributed by atoms with Crippen LogP contribution in [0.3, 0.4) is 0 Å². The Morgan fingerprint density at radius 2 is 2.25 bits per heavy atom. The fourth-order valence-corrected chi connectivity index (χ4v) is 3.43. The number of ether oxygens (including phenoxy) is 2. The molecule has 5 atom stereocenters. The second-order valence-corrected chi connectivity index (χ2v) is 6.44. The number of rotatable bonds is 2. The smallest absolute Gasteiger partial charge is 0.328 e. The lowest BCUT2D eigenvalue weighted by Crippen LogP contribution is -2.37. The molecule has 2 rings (SSSR count). The van der Waals surface area contributed by atoms with Crippen molar-refractivity contribution in [2.45, 2.75) is 50.7 Å². The van der Waals surface area contributed by atoms with Gasteiger partial charge in [0.25, 0.3) is 0 Å². The molecule has 2 radical (unpaired) electrons. The van der Waals surface area contributed by atoms with Crippen LogP contribution in [0, 0.1) is 0 Å². The third kappa shape index (κ3) is 2.52. The zero-order chi connectivity index (χ0) is 11.9. The van der Waals surface area contributed by atoms with Crippen molar-refractivity contribution in [3.05, 3.63) is 0 Å². The van der Waals surface area contributed by atoms with Gasteiger partial charge in [0, 0.05) is 6.00 Å². The van der Waals surface area contributed by atoms with Crippen molar-refractivity contribution < 1.29 is 23.5 Å². The second kappa shape index (κ2) is 4.43. The largest absolute Gasteiger partial charge is 0.379 e. The fraction of sp³-hybridized carbons (Fsp3) is 1.00. The van der Waals surface area contributed by atoms with E-state index in [4.69, 9.17) is 21.8 Å². The summed E-state index contributed by atoms with van der Waals surface area (Å²) in [5.41, 5.74) is 0. The second-order valence-electron chi connectivity index (χ2n) is 4.51. The Labute approximate surface area is 96.4 Å². The monoisotopic (exact) mass is 246 g/mol. The minimum atomic E-state index is -3.53. The molecule has 1 N–H and O–H groups in total. The van der Waals surface area contributed by atoms with Crippen LogP contribution >= 0.6 is 7.60 Å². The van der Waals surface area contributed by atoms with Gasteiger partial charge in [0.15, 0.2) is 0 Å². The van der Waals surface area contributed by atoms with Crippen molar-refractivity contribution in [1.29, 1.82) is 0 Å². The van der Waals surface area contributed by atoms with Crippen LogP contribution in [0.2, 0.25) is 0 Å². The summed E-state index contributed by atoms with van der Waals surface area (Å²) in [4.78, 5) is 9.51. The number of fused-ring (bicyclic) bond motifs is 2. The van der Waals surface area contributed by atoms with Crippen LogP contribution in [0.25, 0.3) is 0 Å². The van der Waals surface area contributed by atoms with Crippen LogP contribution in [-0.4, -0.2) is 49.3 Å². The topological polar surface area (TPSA) is 65.0 Å². The summed E-state index contributed by atoms with van der Waals surface area (Å²) >= 11 is 0. The van der Waals surface area contributed by atoms with E-state index in [0.29, 0.717) is 6.42 Å². The third-order valence-electron chi connectivity index (χ3n) is 2.76. The molecule has 0 saturated carbocycles. The molecule has 0 aromatic carbocycles. The van der Waals surface area contributed by atoms with Crippen molar-refractivity contribution >= 4 is 15.4 Å². The Morgan fingerprint density at radius 1 is 1.56 bits per heavy atom. The van der Waals surface area contributed by atoms with E-state index in [1.54, 1.807) is 0 Å². The molecule has 2 heterocycles. The first-order valence-corrected chi connectivity index (χ1v) is 7.22. The van der Waals surface area contributed by atoms with Crippen molar-refractivity contribution in [3.63, 3.8) is 0 Å². The van der Waals surface area contributed by atoms with E-state index < -0.39 is 19.7 Å². The van der Waals surface area contributed by atoms with Crippen LogP contribution in [0.15, 0.2) is 0 Å². The van der Waals surface area contributed by atoms with E-state index in [0.717, 1.165) is 0 Å². The molecule has 7 heteroatoms. The molecule has 0 amide bonds. The van der Waals surface area contributed by atoms with Gasteiger partial charge in [-0.25, -0.2) is 0 Å². The minimum absolute atomic E-state index is 0.00341. The van der Waals surface area contributed by atoms with Gasteiger partial charge in [-0.15, -0.1) is 0 Å². The lowest BCUT2D eigenvalue weighted by Gasteiger charge is -2.24. The van der Waals surface area contributed by atoms with E-state index in [1.165, 1.54) is 0 Å². The van der Waals surface area contributed by atoms with Gasteiger partial charge < -0.3 is 18.9 Å². The highest BCUT2D eigenvalue weighted by Crippen LogP contribution is 2.51. The van der Waals surface area contributed by atoms with E-state index in [1.807, 2.05) is 13.8 Å². The molecule has 90 valence electrons. The molecule has 2 bridgehead atoms. The highest BCUT2D eigenvalue weighted by Gasteiger charge is 2.49. The van der Waals surface area contributed by atoms with Crippen molar-refractivity contribution in [3.8, 4) is 0 Å². The molecule has 0 spiro atoms. The summed E-state index contributed by atoms with van der Waals surface area (Å²) in [7, 11) is 2.19. The van der Waals surface area contributed by atoms with Gasteiger partial charge in [0.1, 0.15) is 20.1 Å². The first kappa shape index (κ1) is 12.6. The Kier molecular flexibility index (Phi) is 3.48. The summed E-state index contributed by atoms with van der Waals surface area (Å²) in [6.45, 7) is 3.79. The summed E-state index contributed by atoms with van der Waals surface area (Å²) in [6.07, 6.45) is -0.702. The molecular formula is C9H16BO5P. The van der Waals surface area contributed by atoms with Crippen molar-refractivity contribution in [2.75, 3.05) is 6.16 Å². The molecule has 2 aliphatic rings. The zero-order valence-electron chi connectivity index (χ0n) is 9.41. The summed E-state index contributed by atoms with van der Waals surface area (Å²) < 4.78 is 27.9. The Hall–Kier alpha value is 0.135. The van der Waals surface area contributed by atoms with Gasteiger partial charge >= 0.3 is 7.60 Å². The predicted octanol–water partition coefficient (Wildman–Crippen LogP) is 0.648. The first-order valence-electron chi connectivity index (χ1n) is 5.46. The summed E-state index contributed by atoms with van der Waals surface area (Å²) in [5, 5.41) is 0. The summed E-state index contributed by atoms with van der Waals surface area (Å²) in [6, 6.07) is -0.686. The highest BCUT2D eigenvalue weighted by atomic mass is 31.2. The molecule has 16 heavy (non-hydrogen) atoms. The fourth-order valence-electron chi connectivity index (χ4n) is 2.12. The number of hydrogen-bond donors (Lipinski definition) is 1. The van der Waals surface area contributed by atoms with Crippen molar-refractivity contribution in [2.24, 2.45) is 0 Å². The Morgan fingerprint density at radius 3 is 2.88 bits per heavy atom. The van der Waals surface area contributed by atoms with Gasteiger partial charge in [-0.1, -0.05) is 0 Å². The maximum absolute atomic E-state index is 11.6. The predicted molar refractivity (Wildman–Crippen MR) is 58.6 cm³/mol. The molecule has 2 unspecified atom stereocenters. The van der Waals surface area contributed by atoms with Gasteiger partial charge in [0.2, 0.25) is 0 Å². The van der Waals surface area contributed by atoms with E-state index in [-0.39, 0.29) is 24.5 Å². The molecule has 0 aliphatic carbocycles. The van der Waals surface area contributed by atoms with E-state index >= 15 is 0 Å².